The van der Waals surface area contributed by atoms with E-state index in [9.17, 15) is 0 Å². The van der Waals surface area contributed by atoms with E-state index >= 15 is 0 Å². The topological polar surface area (TPSA) is 12.0 Å². The van der Waals surface area contributed by atoms with Gasteiger partial charge >= 0.3 is 0 Å². The molecule has 1 nitrogen and oxygen atoms in total. The molecular formula is C13H17Cl2N. The lowest BCUT2D eigenvalue weighted by Gasteiger charge is -2.17. The minimum absolute atomic E-state index is 0.634. The quantitative estimate of drug-likeness (QED) is 0.853. The van der Waals surface area contributed by atoms with E-state index < -0.39 is 0 Å². The Balaban J connectivity index is 1.96. The first-order valence-electron chi connectivity index (χ1n) is 5.84. The molecule has 0 aliphatic heterocycles. The Morgan fingerprint density at radius 1 is 1.31 bits per heavy atom. The maximum absolute atomic E-state index is 6.14. The van der Waals surface area contributed by atoms with E-state index in [2.05, 4.69) is 12.2 Å². The highest BCUT2D eigenvalue weighted by atomic mass is 35.5. The molecule has 0 bridgehead atoms. The standard InChI is InChI=1S/C13H17Cl2N/c1-9-4-2-7-12(9)16-8-10-5-3-6-11(14)13(10)15/h3,5-6,9,12,16H,2,4,7-8H2,1H3. The summed E-state index contributed by atoms with van der Waals surface area (Å²) in [6, 6.07) is 6.44. The molecule has 88 valence electrons. The molecule has 1 saturated carbocycles. The minimum atomic E-state index is 0.634. The number of nitrogens with one attached hydrogen (secondary N) is 1. The first-order valence-corrected chi connectivity index (χ1v) is 6.60. The van der Waals surface area contributed by atoms with Crippen LogP contribution in [0.25, 0.3) is 0 Å². The first kappa shape index (κ1) is 12.2. The van der Waals surface area contributed by atoms with Gasteiger partial charge < -0.3 is 5.32 Å². The largest absolute Gasteiger partial charge is 0.310 e. The fourth-order valence-electron chi connectivity index (χ4n) is 2.37. The predicted octanol–water partition coefficient (Wildman–Crippen LogP) is 4.27. The van der Waals surface area contributed by atoms with Crippen LogP contribution in [0.15, 0.2) is 18.2 Å². The average molecular weight is 258 g/mol. The molecule has 0 aromatic heterocycles. The number of hydrogen-bond donors (Lipinski definition) is 1. The van der Waals surface area contributed by atoms with E-state index in [-0.39, 0.29) is 0 Å². The normalized spacial score (nSPS) is 24.9. The molecule has 2 rings (SSSR count). The van der Waals surface area contributed by atoms with Crippen LogP contribution in [0.3, 0.4) is 0 Å². The van der Waals surface area contributed by atoms with Gasteiger partial charge in [-0.25, -0.2) is 0 Å². The van der Waals surface area contributed by atoms with Crippen molar-refractivity contribution in [3.8, 4) is 0 Å². The Morgan fingerprint density at radius 2 is 2.12 bits per heavy atom. The second-order valence-corrected chi connectivity index (χ2v) is 5.39. The fraction of sp³-hybridized carbons (Fsp3) is 0.538. The van der Waals surface area contributed by atoms with Gasteiger partial charge in [0.05, 0.1) is 10.0 Å². The molecular weight excluding hydrogens is 241 g/mol. The van der Waals surface area contributed by atoms with Gasteiger partial charge in [-0.2, -0.15) is 0 Å². The molecule has 0 radical (unpaired) electrons. The van der Waals surface area contributed by atoms with E-state index in [4.69, 9.17) is 23.2 Å². The molecule has 0 heterocycles. The van der Waals surface area contributed by atoms with Gasteiger partial charge in [0.15, 0.2) is 0 Å². The van der Waals surface area contributed by atoms with Crippen LogP contribution in [-0.2, 0) is 6.54 Å². The molecule has 0 spiro atoms. The molecule has 0 saturated heterocycles. The average Bonchev–Trinajstić information content (AvgIpc) is 2.67. The van der Waals surface area contributed by atoms with Crippen molar-refractivity contribution >= 4 is 23.2 Å². The van der Waals surface area contributed by atoms with Crippen molar-refractivity contribution in [3.63, 3.8) is 0 Å². The predicted molar refractivity (Wildman–Crippen MR) is 70.1 cm³/mol. The molecule has 1 N–H and O–H groups in total. The van der Waals surface area contributed by atoms with Crippen LogP contribution in [0.4, 0.5) is 0 Å². The summed E-state index contributed by atoms with van der Waals surface area (Å²) in [6.45, 7) is 3.12. The Labute approximate surface area is 107 Å². The molecule has 1 aromatic rings. The Bertz CT molecular complexity index is 365. The van der Waals surface area contributed by atoms with E-state index in [1.807, 2.05) is 18.2 Å². The molecule has 1 aromatic carbocycles. The third-order valence-corrected chi connectivity index (χ3v) is 4.31. The summed E-state index contributed by atoms with van der Waals surface area (Å²) in [7, 11) is 0. The summed E-state index contributed by atoms with van der Waals surface area (Å²) in [5.74, 6) is 0.776. The van der Waals surface area contributed by atoms with Gasteiger partial charge in [0, 0.05) is 12.6 Å². The van der Waals surface area contributed by atoms with Gasteiger partial charge in [0.25, 0.3) is 0 Å². The monoisotopic (exact) mass is 257 g/mol. The Morgan fingerprint density at radius 3 is 2.81 bits per heavy atom. The third kappa shape index (κ3) is 2.71. The summed E-state index contributed by atoms with van der Waals surface area (Å²) < 4.78 is 0. The second-order valence-electron chi connectivity index (χ2n) is 4.61. The van der Waals surface area contributed by atoms with Crippen molar-refractivity contribution in [2.45, 2.75) is 38.8 Å². The van der Waals surface area contributed by atoms with Crippen LogP contribution in [-0.4, -0.2) is 6.04 Å². The SMILES string of the molecule is CC1CCCC1NCc1cccc(Cl)c1Cl. The lowest BCUT2D eigenvalue weighted by molar-refractivity contribution is 0.426. The van der Waals surface area contributed by atoms with Gasteiger partial charge in [0.1, 0.15) is 0 Å². The fourth-order valence-corrected chi connectivity index (χ4v) is 2.76. The van der Waals surface area contributed by atoms with E-state index in [1.54, 1.807) is 0 Å². The summed E-state index contributed by atoms with van der Waals surface area (Å²) in [5.41, 5.74) is 1.09. The molecule has 1 aliphatic carbocycles. The molecule has 2 unspecified atom stereocenters. The highest BCUT2D eigenvalue weighted by Gasteiger charge is 2.22. The summed E-state index contributed by atoms with van der Waals surface area (Å²) in [5, 5.41) is 4.89. The van der Waals surface area contributed by atoms with Gasteiger partial charge in [0.2, 0.25) is 0 Å². The molecule has 16 heavy (non-hydrogen) atoms. The molecule has 1 fully saturated rings. The molecule has 1 aliphatic rings. The molecule has 0 amide bonds. The van der Waals surface area contributed by atoms with Crippen LogP contribution in [0, 0.1) is 5.92 Å². The molecule has 2 atom stereocenters. The van der Waals surface area contributed by atoms with Crippen LogP contribution >= 0.6 is 23.2 Å². The summed E-state index contributed by atoms with van der Waals surface area (Å²) in [4.78, 5) is 0. The van der Waals surface area contributed by atoms with E-state index in [0.717, 1.165) is 18.0 Å². The minimum Gasteiger partial charge on any atom is -0.310 e. The van der Waals surface area contributed by atoms with Crippen LogP contribution < -0.4 is 5.32 Å². The van der Waals surface area contributed by atoms with E-state index in [0.29, 0.717) is 16.1 Å². The zero-order valence-electron chi connectivity index (χ0n) is 9.47. The zero-order valence-corrected chi connectivity index (χ0v) is 11.0. The van der Waals surface area contributed by atoms with Crippen LogP contribution in [0.2, 0.25) is 10.0 Å². The number of rotatable bonds is 3. The second kappa shape index (κ2) is 5.39. The Hall–Kier alpha value is -0.240. The van der Waals surface area contributed by atoms with Crippen molar-refractivity contribution in [2.75, 3.05) is 0 Å². The van der Waals surface area contributed by atoms with Gasteiger partial charge in [-0.15, -0.1) is 0 Å². The molecule has 3 heteroatoms. The number of halogens is 2. The first-order chi connectivity index (χ1) is 7.68. The van der Waals surface area contributed by atoms with Gasteiger partial charge in [-0.3, -0.25) is 0 Å². The van der Waals surface area contributed by atoms with Gasteiger partial charge in [-0.05, 0) is 30.4 Å². The van der Waals surface area contributed by atoms with Crippen LogP contribution in [0.5, 0.6) is 0 Å². The van der Waals surface area contributed by atoms with Crippen LogP contribution in [0.1, 0.15) is 31.7 Å². The lowest BCUT2D eigenvalue weighted by Crippen LogP contribution is -2.30. The smallest absolute Gasteiger partial charge is 0.0637 e. The zero-order chi connectivity index (χ0) is 11.5. The van der Waals surface area contributed by atoms with E-state index in [1.165, 1.54) is 19.3 Å². The highest BCUT2D eigenvalue weighted by Crippen LogP contribution is 2.28. The Kier molecular flexibility index (Phi) is 4.12. The van der Waals surface area contributed by atoms with Crippen molar-refractivity contribution in [1.82, 2.24) is 5.32 Å². The van der Waals surface area contributed by atoms with Crippen molar-refractivity contribution in [2.24, 2.45) is 5.92 Å². The lowest BCUT2D eigenvalue weighted by atomic mass is 10.1. The number of benzene rings is 1. The maximum atomic E-state index is 6.14. The van der Waals surface area contributed by atoms with Crippen molar-refractivity contribution in [1.29, 1.82) is 0 Å². The third-order valence-electron chi connectivity index (χ3n) is 3.45. The van der Waals surface area contributed by atoms with Gasteiger partial charge in [-0.1, -0.05) is 48.7 Å². The highest BCUT2D eigenvalue weighted by molar-refractivity contribution is 6.42. The van der Waals surface area contributed by atoms with Crippen molar-refractivity contribution < 1.29 is 0 Å². The number of hydrogen-bond acceptors (Lipinski definition) is 1. The maximum Gasteiger partial charge on any atom is 0.0637 e. The van der Waals surface area contributed by atoms with Crippen molar-refractivity contribution in [3.05, 3.63) is 33.8 Å². The summed E-state index contributed by atoms with van der Waals surface area (Å²) in [6.07, 6.45) is 3.95. The summed E-state index contributed by atoms with van der Waals surface area (Å²) >= 11 is 12.1.